The SMILES string of the molecule is CCOC1=C(F)C(N2CCC(C(N)C(C(F)(F)F)C(F)(F)F)C2)C(C)c2c1c(=O)[nH]c(=O)n2C1CC1. The third-order valence-corrected chi connectivity index (χ3v) is 7.28. The Hall–Kier alpha value is -2.35. The first-order valence-electron chi connectivity index (χ1n) is 11.7. The van der Waals surface area contributed by atoms with E-state index in [1.807, 2.05) is 0 Å². The molecule has 4 unspecified atom stereocenters. The molecule has 4 rings (SSSR count). The van der Waals surface area contributed by atoms with Gasteiger partial charge in [-0.25, -0.2) is 9.18 Å². The number of H-pyrrole nitrogens is 1. The van der Waals surface area contributed by atoms with Crippen LogP contribution in [0.25, 0.3) is 5.76 Å². The second kappa shape index (κ2) is 9.19. The number of hydrogen-bond donors (Lipinski definition) is 2. The molecule has 1 saturated carbocycles. The van der Waals surface area contributed by atoms with Crippen molar-refractivity contribution in [3.63, 3.8) is 0 Å². The Balaban J connectivity index is 1.72. The normalized spacial score (nSPS) is 26.5. The topological polar surface area (TPSA) is 93.3 Å². The van der Waals surface area contributed by atoms with Gasteiger partial charge in [-0.1, -0.05) is 6.92 Å². The van der Waals surface area contributed by atoms with Crippen LogP contribution in [0.3, 0.4) is 0 Å². The summed E-state index contributed by atoms with van der Waals surface area (Å²) >= 11 is 0. The molecule has 2 fully saturated rings. The summed E-state index contributed by atoms with van der Waals surface area (Å²) in [4.78, 5) is 28.9. The Morgan fingerprint density at radius 1 is 1.11 bits per heavy atom. The largest absolute Gasteiger partial charge is 0.490 e. The molecular weight excluding hydrogens is 501 g/mol. The Labute approximate surface area is 201 Å². The van der Waals surface area contributed by atoms with E-state index in [0.29, 0.717) is 12.8 Å². The molecule has 3 aliphatic rings. The molecule has 0 bridgehead atoms. The molecule has 0 amide bonds. The van der Waals surface area contributed by atoms with Gasteiger partial charge in [-0.15, -0.1) is 0 Å². The lowest BCUT2D eigenvalue weighted by Gasteiger charge is -2.38. The summed E-state index contributed by atoms with van der Waals surface area (Å²) in [7, 11) is 0. The van der Waals surface area contributed by atoms with Gasteiger partial charge in [0.1, 0.15) is 5.56 Å². The summed E-state index contributed by atoms with van der Waals surface area (Å²) in [6.07, 6.45) is -9.94. The lowest BCUT2D eigenvalue weighted by atomic mass is 9.85. The Morgan fingerprint density at radius 2 is 1.72 bits per heavy atom. The number of hydrogen-bond acceptors (Lipinski definition) is 5. The van der Waals surface area contributed by atoms with Gasteiger partial charge in [0.2, 0.25) is 0 Å². The van der Waals surface area contributed by atoms with Crippen LogP contribution in [0.5, 0.6) is 0 Å². The summed E-state index contributed by atoms with van der Waals surface area (Å²) in [5.74, 6) is -6.96. The lowest BCUT2D eigenvalue weighted by Crippen LogP contribution is -2.53. The fourth-order valence-corrected chi connectivity index (χ4v) is 5.59. The fraction of sp³-hybridized carbons (Fsp3) is 0.727. The number of nitrogens with one attached hydrogen (secondary N) is 1. The van der Waals surface area contributed by atoms with Gasteiger partial charge >= 0.3 is 18.0 Å². The van der Waals surface area contributed by atoms with Crippen LogP contribution >= 0.6 is 0 Å². The van der Waals surface area contributed by atoms with E-state index in [9.17, 15) is 35.9 Å². The van der Waals surface area contributed by atoms with Crippen molar-refractivity contribution in [1.29, 1.82) is 0 Å². The molecule has 202 valence electrons. The zero-order chi connectivity index (χ0) is 26.7. The van der Waals surface area contributed by atoms with Crippen molar-refractivity contribution in [2.24, 2.45) is 17.6 Å². The van der Waals surface area contributed by atoms with Crippen LogP contribution in [0.4, 0.5) is 30.7 Å². The number of aromatic nitrogens is 2. The molecule has 36 heavy (non-hydrogen) atoms. The van der Waals surface area contributed by atoms with Crippen molar-refractivity contribution in [3.05, 3.63) is 37.9 Å². The maximum atomic E-state index is 15.9. The van der Waals surface area contributed by atoms with Crippen LogP contribution in [-0.2, 0) is 4.74 Å². The highest BCUT2D eigenvalue weighted by Crippen LogP contribution is 2.47. The number of nitrogens with zero attached hydrogens (tertiary/aromatic N) is 2. The molecule has 4 atom stereocenters. The van der Waals surface area contributed by atoms with E-state index < -0.39 is 59.3 Å². The molecule has 1 aromatic rings. The Morgan fingerprint density at radius 3 is 2.25 bits per heavy atom. The first kappa shape index (κ1) is 26.7. The maximum Gasteiger partial charge on any atom is 0.402 e. The van der Waals surface area contributed by atoms with Gasteiger partial charge in [0.05, 0.1) is 12.6 Å². The van der Waals surface area contributed by atoms with Gasteiger partial charge in [0, 0.05) is 30.2 Å². The van der Waals surface area contributed by atoms with Crippen LogP contribution < -0.4 is 17.0 Å². The van der Waals surface area contributed by atoms with Crippen molar-refractivity contribution in [2.75, 3.05) is 19.7 Å². The van der Waals surface area contributed by atoms with E-state index in [1.54, 1.807) is 13.8 Å². The molecule has 3 N–H and O–H groups in total. The molecule has 0 spiro atoms. The summed E-state index contributed by atoms with van der Waals surface area (Å²) in [5.41, 5.74) is 4.17. The molecule has 0 aromatic carbocycles. The van der Waals surface area contributed by atoms with Crippen LogP contribution in [0.15, 0.2) is 15.4 Å². The van der Waals surface area contributed by atoms with Crippen LogP contribution in [0.1, 0.15) is 56.3 Å². The first-order valence-corrected chi connectivity index (χ1v) is 11.7. The van der Waals surface area contributed by atoms with Crippen molar-refractivity contribution in [2.45, 2.75) is 69.5 Å². The smallest absolute Gasteiger partial charge is 0.402 e. The number of aromatic amines is 1. The molecule has 2 heterocycles. The quantitative estimate of drug-likeness (QED) is 0.552. The van der Waals surface area contributed by atoms with E-state index in [1.165, 1.54) is 9.47 Å². The molecule has 7 nitrogen and oxygen atoms in total. The lowest BCUT2D eigenvalue weighted by molar-refractivity contribution is -0.292. The predicted octanol–water partition coefficient (Wildman–Crippen LogP) is 3.42. The summed E-state index contributed by atoms with van der Waals surface area (Å²) < 4.78 is 102. The van der Waals surface area contributed by atoms with Crippen LogP contribution in [0, 0.1) is 11.8 Å². The summed E-state index contributed by atoms with van der Waals surface area (Å²) in [5, 5.41) is 0. The van der Waals surface area contributed by atoms with Gasteiger partial charge in [0.15, 0.2) is 17.5 Å². The predicted molar refractivity (Wildman–Crippen MR) is 115 cm³/mol. The van der Waals surface area contributed by atoms with E-state index in [0.717, 1.165) is 0 Å². The molecule has 1 aliphatic heterocycles. The van der Waals surface area contributed by atoms with E-state index in [-0.39, 0.29) is 49.2 Å². The highest BCUT2D eigenvalue weighted by molar-refractivity contribution is 5.68. The second-order valence-electron chi connectivity index (χ2n) is 9.65. The summed E-state index contributed by atoms with van der Waals surface area (Å²) in [6, 6.07) is -3.63. The van der Waals surface area contributed by atoms with Gasteiger partial charge in [-0.2, -0.15) is 26.3 Å². The average Bonchev–Trinajstić information content (AvgIpc) is 3.45. The minimum absolute atomic E-state index is 0.0162. The number of likely N-dealkylation sites (tertiary alicyclic amines) is 1. The van der Waals surface area contributed by atoms with Gasteiger partial charge in [-0.3, -0.25) is 19.2 Å². The molecule has 1 saturated heterocycles. The minimum atomic E-state index is -5.59. The standard InChI is InChI=1S/C22H27F7N4O3/c1-3-36-17-12-15(33(11-4-5-11)20(35)31-19(12)34)9(2)16(13(17)23)32-7-6-10(8-32)14(30)18(21(24,25)26)22(27,28)29/h9-11,14,16,18H,3-8,30H2,1-2H3,(H,31,34,35). The van der Waals surface area contributed by atoms with Gasteiger partial charge < -0.3 is 10.5 Å². The van der Waals surface area contributed by atoms with Crippen molar-refractivity contribution in [3.8, 4) is 0 Å². The number of ether oxygens (including phenoxy) is 1. The van der Waals surface area contributed by atoms with Gasteiger partial charge in [0.25, 0.3) is 5.56 Å². The van der Waals surface area contributed by atoms with E-state index in [2.05, 4.69) is 4.98 Å². The Bertz CT molecular complexity index is 1140. The van der Waals surface area contributed by atoms with Crippen LogP contribution in [0.2, 0.25) is 0 Å². The number of rotatable bonds is 6. The van der Waals surface area contributed by atoms with Gasteiger partial charge in [-0.05, 0) is 38.6 Å². The molecular formula is C22H27F7N4O3. The molecule has 0 radical (unpaired) electrons. The maximum absolute atomic E-state index is 15.9. The highest BCUT2D eigenvalue weighted by Gasteiger charge is 2.61. The number of alkyl halides is 6. The fourth-order valence-electron chi connectivity index (χ4n) is 5.59. The second-order valence-corrected chi connectivity index (χ2v) is 9.65. The average molecular weight is 528 g/mol. The number of halogens is 7. The third kappa shape index (κ3) is 4.57. The zero-order valence-electron chi connectivity index (χ0n) is 19.5. The molecule has 14 heteroatoms. The molecule has 2 aliphatic carbocycles. The minimum Gasteiger partial charge on any atom is -0.490 e. The van der Waals surface area contributed by atoms with Crippen molar-refractivity contribution < 1.29 is 35.5 Å². The highest BCUT2D eigenvalue weighted by atomic mass is 19.4. The molecule has 1 aromatic heterocycles. The Kier molecular flexibility index (Phi) is 6.82. The van der Waals surface area contributed by atoms with Crippen LogP contribution in [-0.4, -0.2) is 58.6 Å². The third-order valence-electron chi connectivity index (χ3n) is 7.28. The monoisotopic (exact) mass is 528 g/mol. The first-order chi connectivity index (χ1) is 16.7. The van der Waals surface area contributed by atoms with E-state index in [4.69, 9.17) is 10.5 Å². The summed E-state index contributed by atoms with van der Waals surface area (Å²) in [6.45, 7) is 2.78. The van der Waals surface area contributed by atoms with E-state index >= 15 is 4.39 Å². The van der Waals surface area contributed by atoms with Crippen molar-refractivity contribution >= 4 is 5.76 Å². The van der Waals surface area contributed by atoms with Crippen molar-refractivity contribution in [1.82, 2.24) is 14.5 Å². The zero-order valence-corrected chi connectivity index (χ0v) is 19.5. The number of fused-ring (bicyclic) bond motifs is 1. The number of nitrogens with two attached hydrogens (primary N) is 1.